The molecule has 0 bridgehead atoms. The highest BCUT2D eigenvalue weighted by Gasteiger charge is 2.54. The molecule has 0 aromatic heterocycles. The molecule has 2 aliphatic heterocycles. The molecule has 1 spiro atoms. The van der Waals surface area contributed by atoms with Crippen molar-refractivity contribution >= 4 is 17.7 Å². The molecule has 182 valence electrons. The standard InChI is InChI=1S/C25H37N3O5/c1-6-18(4)26-23(30)21-16-33-25(10-12-27(13-11-25)22(29)14-17(2)3)28(21)24(31)19-8-7-9-20(15-19)32-5/h7-9,15,17-18,21H,6,10-14,16H2,1-5H3,(H,26,30). The van der Waals surface area contributed by atoms with E-state index in [1.54, 1.807) is 36.3 Å². The van der Waals surface area contributed by atoms with Crippen molar-refractivity contribution in [3.05, 3.63) is 29.8 Å². The van der Waals surface area contributed by atoms with Gasteiger partial charge in [-0.05, 0) is 37.5 Å². The first-order chi connectivity index (χ1) is 15.7. The second kappa shape index (κ2) is 10.5. The van der Waals surface area contributed by atoms with Crippen LogP contribution in [0.25, 0.3) is 0 Å². The van der Waals surface area contributed by atoms with E-state index in [0.29, 0.717) is 43.7 Å². The summed E-state index contributed by atoms with van der Waals surface area (Å²) in [4.78, 5) is 42.9. The van der Waals surface area contributed by atoms with E-state index in [1.807, 2.05) is 32.6 Å². The van der Waals surface area contributed by atoms with Gasteiger partial charge in [-0.1, -0.05) is 26.8 Å². The summed E-state index contributed by atoms with van der Waals surface area (Å²) in [5, 5.41) is 3.00. The summed E-state index contributed by atoms with van der Waals surface area (Å²) < 4.78 is 11.5. The van der Waals surface area contributed by atoms with Gasteiger partial charge in [0.2, 0.25) is 11.8 Å². The van der Waals surface area contributed by atoms with Crippen molar-refractivity contribution in [2.75, 3.05) is 26.8 Å². The molecule has 2 fully saturated rings. The number of ether oxygens (including phenoxy) is 2. The van der Waals surface area contributed by atoms with Gasteiger partial charge in [-0.2, -0.15) is 0 Å². The second-order valence-corrected chi connectivity index (χ2v) is 9.48. The number of piperidine rings is 1. The van der Waals surface area contributed by atoms with Crippen molar-refractivity contribution in [3.8, 4) is 5.75 Å². The van der Waals surface area contributed by atoms with Gasteiger partial charge in [0.1, 0.15) is 17.5 Å². The van der Waals surface area contributed by atoms with Crippen molar-refractivity contribution in [3.63, 3.8) is 0 Å². The quantitative estimate of drug-likeness (QED) is 0.677. The van der Waals surface area contributed by atoms with Crippen LogP contribution >= 0.6 is 0 Å². The maximum Gasteiger partial charge on any atom is 0.257 e. The Morgan fingerprint density at radius 3 is 2.52 bits per heavy atom. The maximum absolute atomic E-state index is 13.7. The van der Waals surface area contributed by atoms with Crippen molar-refractivity contribution in [1.82, 2.24) is 15.1 Å². The monoisotopic (exact) mass is 459 g/mol. The van der Waals surface area contributed by atoms with Crippen LogP contribution in [0, 0.1) is 5.92 Å². The summed E-state index contributed by atoms with van der Waals surface area (Å²) in [7, 11) is 1.55. The van der Waals surface area contributed by atoms with Gasteiger partial charge in [0.05, 0.1) is 13.7 Å². The highest BCUT2D eigenvalue weighted by Crippen LogP contribution is 2.39. The lowest BCUT2D eigenvalue weighted by molar-refractivity contribution is -0.144. The van der Waals surface area contributed by atoms with Crippen LogP contribution in [0.15, 0.2) is 24.3 Å². The SMILES string of the molecule is CCC(C)NC(=O)C1COC2(CCN(C(=O)CC(C)C)CC2)N1C(=O)c1cccc(OC)c1. The van der Waals surface area contributed by atoms with Gasteiger partial charge in [-0.3, -0.25) is 19.3 Å². The number of rotatable bonds is 7. The lowest BCUT2D eigenvalue weighted by atomic mass is 9.95. The molecule has 2 saturated heterocycles. The molecule has 1 aromatic rings. The molecule has 33 heavy (non-hydrogen) atoms. The summed E-state index contributed by atoms with van der Waals surface area (Å²) in [5.74, 6) is 0.503. The molecule has 2 unspecified atom stereocenters. The van der Waals surface area contributed by atoms with Gasteiger partial charge in [0.15, 0.2) is 0 Å². The third-order valence-electron chi connectivity index (χ3n) is 6.58. The number of carbonyl (C=O) groups is 3. The van der Waals surface area contributed by atoms with Crippen LogP contribution in [0.4, 0.5) is 0 Å². The van der Waals surface area contributed by atoms with Crippen LogP contribution in [-0.2, 0) is 14.3 Å². The summed E-state index contributed by atoms with van der Waals surface area (Å²) >= 11 is 0. The van der Waals surface area contributed by atoms with Gasteiger partial charge in [-0.15, -0.1) is 0 Å². The average molecular weight is 460 g/mol. The molecular formula is C25H37N3O5. The van der Waals surface area contributed by atoms with Crippen LogP contribution in [0.5, 0.6) is 5.75 Å². The number of methoxy groups -OCH3 is 1. The minimum Gasteiger partial charge on any atom is -0.497 e. The molecule has 8 nitrogen and oxygen atoms in total. The normalized spacial score (nSPS) is 20.7. The van der Waals surface area contributed by atoms with Gasteiger partial charge in [0.25, 0.3) is 5.91 Å². The second-order valence-electron chi connectivity index (χ2n) is 9.48. The lowest BCUT2D eigenvalue weighted by Crippen LogP contribution is -2.60. The molecule has 8 heteroatoms. The van der Waals surface area contributed by atoms with Crippen LogP contribution in [-0.4, -0.2) is 72.1 Å². The van der Waals surface area contributed by atoms with E-state index in [4.69, 9.17) is 9.47 Å². The first-order valence-electron chi connectivity index (χ1n) is 11.9. The number of nitrogens with one attached hydrogen (secondary N) is 1. The Hall–Kier alpha value is -2.61. The van der Waals surface area contributed by atoms with Crippen LogP contribution < -0.4 is 10.1 Å². The van der Waals surface area contributed by atoms with Gasteiger partial charge < -0.3 is 19.7 Å². The van der Waals surface area contributed by atoms with E-state index < -0.39 is 11.8 Å². The Morgan fingerprint density at radius 2 is 1.91 bits per heavy atom. The number of likely N-dealkylation sites (tertiary alicyclic amines) is 1. The summed E-state index contributed by atoms with van der Waals surface area (Å²) in [6.45, 7) is 9.12. The van der Waals surface area contributed by atoms with E-state index >= 15 is 0 Å². The summed E-state index contributed by atoms with van der Waals surface area (Å²) in [6.07, 6.45) is 2.24. The van der Waals surface area contributed by atoms with E-state index in [1.165, 1.54) is 0 Å². The Balaban J connectivity index is 1.87. The Labute approximate surface area is 196 Å². The molecule has 3 rings (SSSR count). The molecule has 3 amide bonds. The fourth-order valence-electron chi connectivity index (χ4n) is 4.49. The zero-order valence-electron chi connectivity index (χ0n) is 20.4. The highest BCUT2D eigenvalue weighted by atomic mass is 16.5. The first-order valence-corrected chi connectivity index (χ1v) is 11.9. The van der Waals surface area contributed by atoms with Crippen LogP contribution in [0.1, 0.15) is 63.7 Å². The zero-order valence-corrected chi connectivity index (χ0v) is 20.4. The average Bonchev–Trinajstić information content (AvgIpc) is 3.16. The molecule has 0 aliphatic carbocycles. The van der Waals surface area contributed by atoms with E-state index in [9.17, 15) is 14.4 Å². The number of carbonyl (C=O) groups excluding carboxylic acids is 3. The Morgan fingerprint density at radius 1 is 1.21 bits per heavy atom. The van der Waals surface area contributed by atoms with Gasteiger partial charge in [-0.25, -0.2) is 0 Å². The fourth-order valence-corrected chi connectivity index (χ4v) is 4.49. The molecular weight excluding hydrogens is 422 g/mol. The molecule has 0 radical (unpaired) electrons. The minimum absolute atomic E-state index is 0.00155. The van der Waals surface area contributed by atoms with E-state index in [-0.39, 0.29) is 36.3 Å². The molecule has 2 atom stereocenters. The number of benzene rings is 1. The van der Waals surface area contributed by atoms with Gasteiger partial charge in [0, 0.05) is 44.0 Å². The van der Waals surface area contributed by atoms with E-state index in [0.717, 1.165) is 6.42 Å². The van der Waals surface area contributed by atoms with Crippen molar-refractivity contribution in [2.24, 2.45) is 5.92 Å². The predicted octanol–water partition coefficient (Wildman–Crippen LogP) is 2.82. The summed E-state index contributed by atoms with van der Waals surface area (Å²) in [5.41, 5.74) is -0.467. The maximum atomic E-state index is 13.7. The first kappa shape index (κ1) is 25.0. The van der Waals surface area contributed by atoms with Crippen LogP contribution in [0.2, 0.25) is 0 Å². The largest absolute Gasteiger partial charge is 0.497 e. The number of amides is 3. The Bertz CT molecular complexity index is 863. The molecule has 0 saturated carbocycles. The van der Waals surface area contributed by atoms with Crippen molar-refractivity contribution < 1.29 is 23.9 Å². The topological polar surface area (TPSA) is 88.2 Å². The van der Waals surface area contributed by atoms with E-state index in [2.05, 4.69) is 5.32 Å². The number of nitrogens with zero attached hydrogens (tertiary/aromatic N) is 2. The third kappa shape index (κ3) is 5.49. The van der Waals surface area contributed by atoms with Crippen molar-refractivity contribution in [1.29, 1.82) is 0 Å². The Kier molecular flexibility index (Phi) is 8.00. The number of hydrogen-bond acceptors (Lipinski definition) is 5. The van der Waals surface area contributed by atoms with Crippen molar-refractivity contribution in [2.45, 2.75) is 71.2 Å². The third-order valence-corrected chi connectivity index (χ3v) is 6.58. The zero-order chi connectivity index (χ0) is 24.2. The predicted molar refractivity (Wildman–Crippen MR) is 125 cm³/mol. The molecule has 2 heterocycles. The molecule has 1 aromatic carbocycles. The number of hydrogen-bond donors (Lipinski definition) is 1. The molecule has 1 N–H and O–H groups in total. The fraction of sp³-hybridized carbons (Fsp3) is 0.640. The van der Waals surface area contributed by atoms with Crippen LogP contribution in [0.3, 0.4) is 0 Å². The molecule has 2 aliphatic rings. The highest BCUT2D eigenvalue weighted by molar-refractivity contribution is 5.98. The lowest BCUT2D eigenvalue weighted by Gasteiger charge is -2.44. The smallest absolute Gasteiger partial charge is 0.257 e. The minimum atomic E-state index is -0.910. The van der Waals surface area contributed by atoms with Gasteiger partial charge >= 0.3 is 0 Å². The summed E-state index contributed by atoms with van der Waals surface area (Å²) in [6, 6.07) is 6.21.